The van der Waals surface area contributed by atoms with Gasteiger partial charge in [-0.05, 0) is 67.0 Å². The summed E-state index contributed by atoms with van der Waals surface area (Å²) in [4.78, 5) is 9.71. The molecule has 0 fully saturated rings. The maximum atomic E-state index is 11.3. The number of imidazole rings is 1. The highest BCUT2D eigenvalue weighted by molar-refractivity contribution is 5.84. The highest BCUT2D eigenvalue weighted by Crippen LogP contribution is 2.33. The van der Waals surface area contributed by atoms with Crippen molar-refractivity contribution in [2.24, 2.45) is 13.0 Å². The number of rotatable bonds is 3. The minimum absolute atomic E-state index is 0.142. The van der Waals surface area contributed by atoms with Crippen LogP contribution in [0, 0.1) is 12.8 Å². The molecule has 1 N–H and O–H groups in total. The number of aliphatic hydroxyl groups is 1. The molecule has 0 unspecified atom stereocenters. The van der Waals surface area contributed by atoms with Crippen LogP contribution in [-0.4, -0.2) is 43.1 Å². The summed E-state index contributed by atoms with van der Waals surface area (Å²) in [5.74, 6) is 2.30. The number of fused-ring (bicyclic) bond motifs is 7. The van der Waals surface area contributed by atoms with E-state index in [1.54, 1.807) is 24.1 Å². The molecule has 3 aromatic heterocycles. The molecular weight excluding hydrogens is 478 g/mol. The van der Waals surface area contributed by atoms with Gasteiger partial charge in [0.15, 0.2) is 0 Å². The van der Waals surface area contributed by atoms with Gasteiger partial charge >= 0.3 is 0 Å². The molecule has 8 heteroatoms. The van der Waals surface area contributed by atoms with Gasteiger partial charge in [0.25, 0.3) is 0 Å². The Morgan fingerprint density at radius 1 is 1.18 bits per heavy atom. The molecule has 4 aromatic rings. The average Bonchev–Trinajstić information content (AvgIpc) is 3.39. The van der Waals surface area contributed by atoms with Crippen LogP contribution in [0.15, 0.2) is 30.5 Å². The van der Waals surface area contributed by atoms with Gasteiger partial charge in [-0.2, -0.15) is 5.10 Å². The van der Waals surface area contributed by atoms with E-state index >= 15 is 0 Å². The van der Waals surface area contributed by atoms with Gasteiger partial charge in [0, 0.05) is 38.0 Å². The number of benzene rings is 1. The Kier molecular flexibility index (Phi) is 7.25. The average molecular weight is 516 g/mol. The molecular formula is C30H37N5O3. The number of aryl methyl sites for hydroxylation is 2. The molecule has 0 saturated heterocycles. The smallest absolute Gasteiger partial charge is 0.221 e. The summed E-state index contributed by atoms with van der Waals surface area (Å²) in [6, 6.07) is 8.14. The molecule has 0 radical (unpaired) electrons. The molecule has 8 nitrogen and oxygen atoms in total. The summed E-state index contributed by atoms with van der Waals surface area (Å²) < 4.78 is 15.7. The number of methoxy groups -OCH3 is 1. The summed E-state index contributed by atoms with van der Waals surface area (Å²) in [7, 11) is 3.59. The Morgan fingerprint density at radius 3 is 2.76 bits per heavy atom. The second-order valence-corrected chi connectivity index (χ2v) is 10.7. The number of nitrogens with zero attached hydrogens (tertiary/aromatic N) is 5. The van der Waals surface area contributed by atoms with Crippen LogP contribution >= 0.6 is 0 Å². The fraction of sp³-hybridized carbons (Fsp3) is 0.433. The molecule has 2 bridgehead atoms. The van der Waals surface area contributed by atoms with E-state index in [0.717, 1.165) is 53.1 Å². The van der Waals surface area contributed by atoms with Gasteiger partial charge in [-0.3, -0.25) is 4.98 Å². The third-order valence-electron chi connectivity index (χ3n) is 7.21. The maximum absolute atomic E-state index is 11.3. The van der Waals surface area contributed by atoms with Crippen molar-refractivity contribution in [3.8, 4) is 17.1 Å². The molecule has 200 valence electrons. The van der Waals surface area contributed by atoms with Crippen molar-refractivity contribution in [3.05, 3.63) is 58.7 Å². The standard InChI is InChI=1S/C30H37N5O3/c1-18(2)23-13-27-26(12-22(23)17-37-6)33-29-14-28(36)21-10-20(4)32-25(11-21)24-15-31-34(5)30(24)38-9-7-8-19(3)16-35(27)29/h10-15,18-19,36H,7-9,16-17H2,1-6H3/b28-14-/t19-/m1/s1. The highest BCUT2D eigenvalue weighted by atomic mass is 16.5. The number of ether oxygens (including phenoxy) is 2. The van der Waals surface area contributed by atoms with Crippen LogP contribution in [0.5, 0.6) is 5.88 Å². The predicted molar refractivity (Wildman–Crippen MR) is 150 cm³/mol. The molecule has 0 amide bonds. The van der Waals surface area contributed by atoms with Gasteiger partial charge in [0.2, 0.25) is 5.88 Å². The lowest BCUT2D eigenvalue weighted by Gasteiger charge is -2.17. The number of aliphatic hydroxyl groups excluding tert-OH is 1. The number of aromatic nitrogens is 5. The fourth-order valence-electron chi connectivity index (χ4n) is 5.31. The normalized spacial score (nSPS) is 17.8. The first-order valence-electron chi connectivity index (χ1n) is 13.3. The third-order valence-corrected chi connectivity index (χ3v) is 7.21. The third kappa shape index (κ3) is 5.05. The van der Waals surface area contributed by atoms with Gasteiger partial charge in [0.1, 0.15) is 11.6 Å². The van der Waals surface area contributed by atoms with Crippen molar-refractivity contribution in [1.82, 2.24) is 24.3 Å². The van der Waals surface area contributed by atoms with Crippen LogP contribution in [0.2, 0.25) is 0 Å². The zero-order valence-corrected chi connectivity index (χ0v) is 23.2. The van der Waals surface area contributed by atoms with E-state index in [0.29, 0.717) is 42.2 Å². The first-order valence-corrected chi connectivity index (χ1v) is 13.3. The van der Waals surface area contributed by atoms with Crippen LogP contribution in [0.3, 0.4) is 0 Å². The van der Waals surface area contributed by atoms with Crippen LogP contribution in [-0.2, 0) is 24.9 Å². The predicted octanol–water partition coefficient (Wildman–Crippen LogP) is 6.27. The molecule has 1 aliphatic rings. The molecule has 0 saturated carbocycles. The zero-order valence-electron chi connectivity index (χ0n) is 23.2. The lowest BCUT2D eigenvalue weighted by atomic mass is 9.96. The topological polar surface area (TPSA) is 87.2 Å². The SMILES string of the molecule is COCc1cc2nc3n(c2cc1C(C)C)C[C@H](C)CCCOc1c(cnn1C)-c1cc(cc(C)n1)/C(O)=C/3. The Hall–Kier alpha value is -3.65. The Labute approximate surface area is 223 Å². The number of pyridine rings is 1. The van der Waals surface area contributed by atoms with Crippen LogP contribution in [0.1, 0.15) is 67.7 Å². The monoisotopic (exact) mass is 515 g/mol. The second-order valence-electron chi connectivity index (χ2n) is 10.7. The van der Waals surface area contributed by atoms with Crippen LogP contribution in [0.4, 0.5) is 0 Å². The molecule has 4 heterocycles. The van der Waals surface area contributed by atoms with E-state index in [9.17, 15) is 5.11 Å². The molecule has 0 aliphatic carbocycles. The van der Waals surface area contributed by atoms with E-state index in [1.807, 2.05) is 26.1 Å². The summed E-state index contributed by atoms with van der Waals surface area (Å²) in [5.41, 5.74) is 7.38. The molecule has 38 heavy (non-hydrogen) atoms. The Morgan fingerprint density at radius 2 is 2.00 bits per heavy atom. The van der Waals surface area contributed by atoms with Crippen molar-refractivity contribution in [3.63, 3.8) is 0 Å². The fourth-order valence-corrected chi connectivity index (χ4v) is 5.31. The van der Waals surface area contributed by atoms with Crippen molar-refractivity contribution < 1.29 is 14.6 Å². The van der Waals surface area contributed by atoms with Crippen molar-refractivity contribution in [2.75, 3.05) is 13.7 Å². The van der Waals surface area contributed by atoms with Crippen molar-refractivity contribution >= 4 is 22.9 Å². The molecule has 5 rings (SSSR count). The summed E-state index contributed by atoms with van der Waals surface area (Å²) in [6.07, 6.45) is 5.45. The highest BCUT2D eigenvalue weighted by Gasteiger charge is 2.20. The largest absolute Gasteiger partial charge is 0.507 e. The quantitative estimate of drug-likeness (QED) is 0.346. The van der Waals surface area contributed by atoms with Gasteiger partial charge in [-0.25, -0.2) is 9.67 Å². The summed E-state index contributed by atoms with van der Waals surface area (Å²) >= 11 is 0. The van der Waals surface area contributed by atoms with E-state index in [1.165, 1.54) is 5.56 Å². The number of hydrogen-bond acceptors (Lipinski definition) is 6. The van der Waals surface area contributed by atoms with Crippen molar-refractivity contribution in [2.45, 2.75) is 59.6 Å². The first-order chi connectivity index (χ1) is 18.2. The minimum Gasteiger partial charge on any atom is -0.507 e. The Balaban J connectivity index is 1.70. The van der Waals surface area contributed by atoms with Gasteiger partial charge in [-0.1, -0.05) is 20.8 Å². The first kappa shape index (κ1) is 26.0. The lowest BCUT2D eigenvalue weighted by Crippen LogP contribution is -2.11. The van der Waals surface area contributed by atoms with E-state index in [-0.39, 0.29) is 5.76 Å². The van der Waals surface area contributed by atoms with E-state index < -0.39 is 0 Å². The van der Waals surface area contributed by atoms with Crippen LogP contribution in [0.25, 0.3) is 34.1 Å². The summed E-state index contributed by atoms with van der Waals surface area (Å²) in [5, 5.41) is 15.7. The second kappa shape index (κ2) is 10.6. The molecule has 1 atom stereocenters. The van der Waals surface area contributed by atoms with Crippen LogP contribution < -0.4 is 4.74 Å². The summed E-state index contributed by atoms with van der Waals surface area (Å²) in [6.45, 7) is 10.5. The minimum atomic E-state index is 0.142. The zero-order chi connectivity index (χ0) is 27.0. The number of hydrogen-bond donors (Lipinski definition) is 1. The molecule has 1 aromatic carbocycles. The van der Waals surface area contributed by atoms with Gasteiger partial charge < -0.3 is 19.1 Å². The van der Waals surface area contributed by atoms with Gasteiger partial charge in [0.05, 0.1) is 41.7 Å². The Bertz CT molecular complexity index is 1500. The lowest BCUT2D eigenvalue weighted by molar-refractivity contribution is 0.184. The molecule has 1 aliphatic heterocycles. The van der Waals surface area contributed by atoms with E-state index in [2.05, 4.69) is 42.6 Å². The van der Waals surface area contributed by atoms with Gasteiger partial charge in [-0.15, -0.1) is 0 Å². The van der Waals surface area contributed by atoms with E-state index in [4.69, 9.17) is 19.4 Å². The van der Waals surface area contributed by atoms with Crippen molar-refractivity contribution in [1.29, 1.82) is 0 Å². The maximum Gasteiger partial charge on any atom is 0.221 e. The molecule has 0 spiro atoms.